The first kappa shape index (κ1) is 44.6. The first-order valence-electron chi connectivity index (χ1n) is 19.6. The van der Waals surface area contributed by atoms with Crippen LogP contribution in [0, 0.1) is 23.2 Å². The van der Waals surface area contributed by atoms with E-state index in [-0.39, 0.29) is 42.4 Å². The molecule has 0 aromatic heterocycles. The van der Waals surface area contributed by atoms with Crippen molar-refractivity contribution in [3.63, 3.8) is 0 Å². The molecule has 0 spiro atoms. The lowest BCUT2D eigenvalue weighted by Gasteiger charge is -2.34. The van der Waals surface area contributed by atoms with Gasteiger partial charge in [0.05, 0.1) is 12.1 Å². The summed E-state index contributed by atoms with van der Waals surface area (Å²) in [5.74, 6) is -1.63. The van der Waals surface area contributed by atoms with Gasteiger partial charge in [0.25, 0.3) is 5.91 Å². The van der Waals surface area contributed by atoms with Crippen LogP contribution in [0.15, 0.2) is 36.9 Å². The molecule has 14 nitrogen and oxygen atoms in total. The van der Waals surface area contributed by atoms with Crippen molar-refractivity contribution in [2.45, 2.75) is 117 Å². The van der Waals surface area contributed by atoms with Gasteiger partial charge in [-0.1, -0.05) is 77.8 Å². The lowest BCUT2D eigenvalue weighted by atomic mass is 9.85. The minimum atomic E-state index is -0.848. The second-order valence-corrected chi connectivity index (χ2v) is 16.4. The Morgan fingerprint density at radius 3 is 2.18 bits per heavy atom. The molecule has 3 atom stereocenters. The highest BCUT2D eigenvalue weighted by atomic mass is 16.4. The Labute approximate surface area is 325 Å². The lowest BCUT2D eigenvalue weighted by molar-refractivity contribution is -0.140. The predicted molar refractivity (Wildman–Crippen MR) is 209 cm³/mol. The van der Waals surface area contributed by atoms with Crippen LogP contribution in [0.1, 0.15) is 97.1 Å². The summed E-state index contributed by atoms with van der Waals surface area (Å²) < 4.78 is 0. The molecule has 1 aromatic rings. The summed E-state index contributed by atoms with van der Waals surface area (Å²) in [7, 11) is 1.65. The van der Waals surface area contributed by atoms with Gasteiger partial charge in [-0.2, -0.15) is 0 Å². The van der Waals surface area contributed by atoms with Gasteiger partial charge in [0, 0.05) is 45.6 Å². The van der Waals surface area contributed by atoms with Crippen molar-refractivity contribution in [1.29, 1.82) is 0 Å². The van der Waals surface area contributed by atoms with E-state index >= 15 is 0 Å². The van der Waals surface area contributed by atoms with Gasteiger partial charge in [-0.25, -0.2) is 9.59 Å². The Bertz CT molecular complexity index is 1550. The number of hydrogen-bond donors (Lipinski definition) is 5. The van der Waals surface area contributed by atoms with Gasteiger partial charge < -0.3 is 36.2 Å². The molecule has 5 N–H and O–H groups in total. The summed E-state index contributed by atoms with van der Waals surface area (Å²) in [6.45, 7) is 14.6. The van der Waals surface area contributed by atoms with Gasteiger partial charge in [0.15, 0.2) is 5.78 Å². The fourth-order valence-electron chi connectivity index (χ4n) is 6.37. The number of carbonyl (C=O) groups excluding carboxylic acids is 6. The highest BCUT2D eigenvalue weighted by molar-refractivity contribution is 6.38. The second-order valence-electron chi connectivity index (χ2n) is 16.4. The quantitative estimate of drug-likeness (QED) is 0.0833. The minimum absolute atomic E-state index is 0.0115. The van der Waals surface area contributed by atoms with Gasteiger partial charge in [-0.3, -0.25) is 24.0 Å². The Balaban J connectivity index is 0.000000519. The van der Waals surface area contributed by atoms with Crippen molar-refractivity contribution in [3.05, 3.63) is 48.0 Å². The molecule has 3 aliphatic rings. The molecular formula is C41H62N6O8. The van der Waals surface area contributed by atoms with Crippen molar-refractivity contribution in [2.75, 3.05) is 26.7 Å². The lowest BCUT2D eigenvalue weighted by Crippen LogP contribution is -2.58. The zero-order valence-electron chi connectivity index (χ0n) is 33.4. The maximum atomic E-state index is 13.3. The number of rotatable bonds is 18. The van der Waals surface area contributed by atoms with Crippen molar-refractivity contribution in [1.82, 2.24) is 31.1 Å². The second kappa shape index (κ2) is 20.8. The third kappa shape index (κ3) is 14.8. The van der Waals surface area contributed by atoms with Crippen molar-refractivity contribution in [2.24, 2.45) is 23.2 Å². The number of benzene rings is 1. The summed E-state index contributed by atoms with van der Waals surface area (Å²) in [5.41, 5.74) is 1.83. The smallest absolute Gasteiger partial charge is 0.407 e. The van der Waals surface area contributed by atoms with Crippen LogP contribution in [0.2, 0.25) is 0 Å². The van der Waals surface area contributed by atoms with Crippen LogP contribution in [-0.4, -0.2) is 101 Å². The molecule has 1 heterocycles. The van der Waals surface area contributed by atoms with E-state index in [2.05, 4.69) is 33.9 Å². The molecule has 0 radical (unpaired) electrons. The van der Waals surface area contributed by atoms with Crippen LogP contribution in [0.4, 0.5) is 9.59 Å². The first-order chi connectivity index (χ1) is 25.9. The number of nitrogens with one attached hydrogen (secondary N) is 4. The van der Waals surface area contributed by atoms with Crippen LogP contribution in [0.3, 0.4) is 0 Å². The van der Waals surface area contributed by atoms with E-state index in [1.54, 1.807) is 7.05 Å². The molecule has 4 rings (SSSR count). The number of carboxylic acid groups (broad SMARTS) is 1. The van der Waals surface area contributed by atoms with Crippen LogP contribution in [0.25, 0.3) is 0 Å². The van der Waals surface area contributed by atoms with Gasteiger partial charge >= 0.3 is 12.1 Å². The van der Waals surface area contributed by atoms with E-state index in [0.29, 0.717) is 44.8 Å². The Hall–Kier alpha value is -4.75. The van der Waals surface area contributed by atoms with Crippen molar-refractivity contribution >= 4 is 41.4 Å². The third-order valence-corrected chi connectivity index (χ3v) is 10.1. The van der Waals surface area contributed by atoms with E-state index in [1.807, 2.05) is 52.8 Å². The number of ketones is 2. The molecule has 304 valence electrons. The summed E-state index contributed by atoms with van der Waals surface area (Å²) in [6.07, 6.45) is 6.78. The number of likely N-dealkylation sites (N-methyl/N-ethyl adjacent to an activating group) is 1. The summed E-state index contributed by atoms with van der Waals surface area (Å²) in [5, 5.41) is 19.6. The summed E-state index contributed by atoms with van der Waals surface area (Å²) >= 11 is 0. The van der Waals surface area contributed by atoms with Gasteiger partial charge in [-0.05, 0) is 66.9 Å². The van der Waals surface area contributed by atoms with Gasteiger partial charge in [0.1, 0.15) is 6.04 Å². The number of urea groups is 1. The molecule has 1 aromatic carbocycles. The van der Waals surface area contributed by atoms with Crippen LogP contribution < -0.4 is 21.3 Å². The largest absolute Gasteiger partial charge is 0.465 e. The fraction of sp³-hybridized carbons (Fsp3) is 0.634. The standard InChI is InChI=1S/C31H51N5O6.C10H11NO2/c1-8-16-32-28(40)26(39)22(18-20-12-13-20)33-23(37)11-9-10-17-36(7)29(41)27(31(4,5)6)35-30(42)34-24(19(2)3)25(38)21-14-15-21;12-10(13)11-6-5-8-3-1-2-4-9(8)7-11/h8,19-22,24,27H,1,9-18H2,2-7H3,(H,32,40)(H,33,37)(H2,34,35,42);1-4H,5-7H2,(H,12,13). The third-order valence-electron chi connectivity index (χ3n) is 10.1. The fourth-order valence-corrected chi connectivity index (χ4v) is 6.37. The minimum Gasteiger partial charge on any atom is -0.465 e. The SMILES string of the molecule is C=CCNC(=O)C(=O)C(CC1CC1)NC(=O)CCCCN(C)C(=O)C(NC(=O)NC(C(=O)C1CC1)C(C)C)C(C)(C)C.O=C(O)N1CCc2ccccc2C1. The van der Waals surface area contributed by atoms with E-state index in [0.717, 1.165) is 37.7 Å². The molecule has 55 heavy (non-hydrogen) atoms. The zero-order chi connectivity index (χ0) is 40.9. The molecule has 0 bridgehead atoms. The number of carbonyl (C=O) groups is 7. The first-order valence-corrected chi connectivity index (χ1v) is 19.6. The average Bonchev–Trinajstić information content (AvgIpc) is 4.08. The van der Waals surface area contributed by atoms with Crippen molar-refractivity contribution in [3.8, 4) is 0 Å². The zero-order valence-corrected chi connectivity index (χ0v) is 33.4. The average molecular weight is 767 g/mol. The van der Waals surface area contributed by atoms with Gasteiger partial charge in [0.2, 0.25) is 17.6 Å². The topological polar surface area (TPSA) is 194 Å². The molecule has 2 aliphatic carbocycles. The predicted octanol–water partition coefficient (Wildman–Crippen LogP) is 4.21. The Kier molecular flexibility index (Phi) is 16.9. The van der Waals surface area contributed by atoms with E-state index in [4.69, 9.17) is 5.11 Å². The summed E-state index contributed by atoms with van der Waals surface area (Å²) in [4.78, 5) is 89.8. The maximum absolute atomic E-state index is 13.3. The molecule has 0 saturated heterocycles. The Morgan fingerprint density at radius 1 is 0.964 bits per heavy atom. The van der Waals surface area contributed by atoms with Crippen LogP contribution >= 0.6 is 0 Å². The molecule has 2 fully saturated rings. The monoisotopic (exact) mass is 766 g/mol. The summed E-state index contributed by atoms with van der Waals surface area (Å²) in [6, 6.07) is 5.18. The maximum Gasteiger partial charge on any atom is 0.407 e. The number of unbranched alkanes of at least 4 members (excludes halogenated alkanes) is 1. The molecule has 14 heteroatoms. The highest BCUT2D eigenvalue weighted by Gasteiger charge is 2.39. The number of amides is 6. The molecule has 1 aliphatic heterocycles. The molecule has 3 unspecified atom stereocenters. The van der Waals surface area contributed by atoms with E-state index in [9.17, 15) is 33.6 Å². The van der Waals surface area contributed by atoms with Crippen molar-refractivity contribution < 1.29 is 38.7 Å². The highest BCUT2D eigenvalue weighted by Crippen LogP contribution is 2.34. The van der Waals surface area contributed by atoms with E-state index in [1.165, 1.54) is 21.4 Å². The van der Waals surface area contributed by atoms with E-state index < -0.39 is 47.4 Å². The number of hydrogen-bond acceptors (Lipinski definition) is 7. The molecule has 2 saturated carbocycles. The molecular weight excluding hydrogens is 704 g/mol. The number of Topliss-reactive ketones (excluding diaryl/α,β-unsaturated/α-hetero) is 2. The number of nitrogens with zero attached hydrogens (tertiary/aromatic N) is 2. The van der Waals surface area contributed by atoms with Crippen LogP contribution in [-0.2, 0) is 36.9 Å². The molecule has 6 amide bonds. The normalized spacial score (nSPS) is 16.5. The van der Waals surface area contributed by atoms with Crippen LogP contribution in [0.5, 0.6) is 0 Å². The number of fused-ring (bicyclic) bond motifs is 1. The Morgan fingerprint density at radius 2 is 1.62 bits per heavy atom. The van der Waals surface area contributed by atoms with Gasteiger partial charge in [-0.15, -0.1) is 6.58 Å².